The molecule has 0 saturated carbocycles. The van der Waals surface area contributed by atoms with Crippen molar-refractivity contribution in [1.82, 2.24) is 0 Å². The van der Waals surface area contributed by atoms with Gasteiger partial charge in [0.15, 0.2) is 5.78 Å². The van der Waals surface area contributed by atoms with Crippen LogP contribution in [0.5, 0.6) is 0 Å². The van der Waals surface area contributed by atoms with E-state index in [4.69, 9.17) is 0 Å². The van der Waals surface area contributed by atoms with Gasteiger partial charge < -0.3 is 5.11 Å². The van der Waals surface area contributed by atoms with Gasteiger partial charge in [0.25, 0.3) is 0 Å². The Balaban J connectivity index is 2.18. The largest absolute Gasteiger partial charge is 0.521 e. The molecule has 1 saturated heterocycles. The highest BCUT2D eigenvalue weighted by molar-refractivity contribution is 7.12. The summed E-state index contributed by atoms with van der Waals surface area (Å²) in [5.74, 6) is -0.809. The van der Waals surface area contributed by atoms with E-state index in [1.165, 1.54) is 17.4 Å². The molecule has 1 aromatic heterocycles. The topological polar surface area (TPSA) is 71.4 Å². The van der Waals surface area contributed by atoms with Crippen LogP contribution in [0.4, 0.5) is 4.79 Å². The van der Waals surface area contributed by atoms with E-state index in [2.05, 4.69) is 0 Å². The summed E-state index contributed by atoms with van der Waals surface area (Å²) in [5, 5.41) is 11.2. The van der Waals surface area contributed by atoms with Crippen LogP contribution in [-0.2, 0) is 4.79 Å². The number of ketones is 1. The van der Waals surface area contributed by atoms with E-state index in [1.807, 2.05) is 0 Å². The van der Waals surface area contributed by atoms with E-state index in [1.54, 1.807) is 24.4 Å². The number of quaternary nitrogens is 1. The van der Waals surface area contributed by atoms with Crippen molar-refractivity contribution in [3.63, 3.8) is 0 Å². The number of carboxylic acid groups (broad SMARTS) is 1. The van der Waals surface area contributed by atoms with Crippen LogP contribution in [0, 0.1) is 0 Å². The van der Waals surface area contributed by atoms with E-state index in [-0.39, 0.29) is 18.4 Å². The Bertz CT molecular complexity index is 564. The van der Waals surface area contributed by atoms with Gasteiger partial charge in [-0.1, -0.05) is 6.07 Å². The molecule has 0 spiro atoms. The second-order valence-electron chi connectivity index (χ2n) is 4.88. The summed E-state index contributed by atoms with van der Waals surface area (Å²) in [4.78, 5) is 36.1. The zero-order valence-corrected chi connectivity index (χ0v) is 11.9. The lowest BCUT2D eigenvalue weighted by Crippen LogP contribution is -2.57. The summed E-state index contributed by atoms with van der Waals surface area (Å²) in [6.07, 6.45) is 2.53. The lowest BCUT2D eigenvalue weighted by atomic mass is 10.2. The summed E-state index contributed by atoms with van der Waals surface area (Å²) in [6, 6.07) is 3.16. The first kappa shape index (κ1) is 14.6. The van der Waals surface area contributed by atoms with Crippen LogP contribution in [0.3, 0.4) is 0 Å². The Labute approximate surface area is 120 Å². The maximum atomic E-state index is 12.2. The maximum absolute atomic E-state index is 12.2. The smallest absolute Gasteiger partial charge is 0.435 e. The van der Waals surface area contributed by atoms with Crippen molar-refractivity contribution in [2.24, 2.45) is 0 Å². The molecule has 1 aromatic rings. The average molecular weight is 294 g/mol. The minimum absolute atomic E-state index is 0.263. The molecule has 2 atom stereocenters. The third kappa shape index (κ3) is 2.44. The molecule has 0 aliphatic carbocycles. The van der Waals surface area contributed by atoms with Gasteiger partial charge in [-0.25, -0.2) is 4.79 Å². The van der Waals surface area contributed by atoms with Crippen LogP contribution in [-0.4, -0.2) is 40.0 Å². The predicted molar refractivity (Wildman–Crippen MR) is 74.6 cm³/mol. The number of likely N-dealkylation sites (tertiary alicyclic amines) is 1. The van der Waals surface area contributed by atoms with Gasteiger partial charge in [0.1, 0.15) is 6.04 Å². The number of carbonyl (C=O) groups excluding carboxylic acids is 2. The summed E-state index contributed by atoms with van der Waals surface area (Å²) in [6.45, 7) is 2.04. The molecule has 1 aliphatic rings. The number of thiophene rings is 1. The lowest BCUT2D eigenvalue weighted by Gasteiger charge is -2.28. The predicted octanol–water partition coefficient (Wildman–Crippen LogP) is 2.69. The number of nitrogens with zero attached hydrogens (tertiary/aromatic N) is 1. The molecule has 1 aliphatic heterocycles. The van der Waals surface area contributed by atoms with Crippen LogP contribution >= 0.6 is 11.3 Å². The number of hydrogen-bond donors (Lipinski definition) is 1. The van der Waals surface area contributed by atoms with Crippen molar-refractivity contribution >= 4 is 29.1 Å². The van der Waals surface area contributed by atoms with Gasteiger partial charge in [0.2, 0.25) is 0 Å². The minimum Gasteiger partial charge on any atom is -0.435 e. The first-order valence-corrected chi connectivity index (χ1v) is 7.28. The molecule has 1 unspecified atom stereocenters. The summed E-state index contributed by atoms with van der Waals surface area (Å²) in [7, 11) is 0. The van der Waals surface area contributed by atoms with Crippen molar-refractivity contribution in [3.05, 3.63) is 34.5 Å². The standard InChI is InChI=1S/C14H15NO4S/c1-10-4-2-8-15(10,14(18)19)13(17)7-6-11(16)12-5-3-9-20-12/h3,5-7,9-10H,2,4,8H2,1H3/p+1/t10-,15?/m1/s1. The van der Waals surface area contributed by atoms with Crippen molar-refractivity contribution in [3.8, 4) is 0 Å². The Morgan fingerprint density at radius 2 is 2.15 bits per heavy atom. The number of imide groups is 1. The van der Waals surface area contributed by atoms with Crippen LogP contribution in [0.15, 0.2) is 29.7 Å². The van der Waals surface area contributed by atoms with E-state index in [0.29, 0.717) is 17.7 Å². The second-order valence-corrected chi connectivity index (χ2v) is 5.83. The quantitative estimate of drug-likeness (QED) is 0.528. The van der Waals surface area contributed by atoms with E-state index in [9.17, 15) is 19.5 Å². The molecular weight excluding hydrogens is 278 g/mol. The molecule has 0 aromatic carbocycles. The third-order valence-corrected chi connectivity index (χ3v) is 4.65. The van der Waals surface area contributed by atoms with Crippen LogP contribution in [0.2, 0.25) is 0 Å². The molecule has 1 N–H and O–H groups in total. The highest BCUT2D eigenvalue weighted by Gasteiger charge is 2.51. The highest BCUT2D eigenvalue weighted by atomic mass is 32.1. The molecule has 20 heavy (non-hydrogen) atoms. The van der Waals surface area contributed by atoms with Crippen LogP contribution in [0.1, 0.15) is 29.4 Å². The Morgan fingerprint density at radius 3 is 2.65 bits per heavy atom. The summed E-state index contributed by atoms with van der Waals surface area (Å²) in [5.41, 5.74) is 0. The molecule has 0 radical (unpaired) electrons. The molecule has 1 fully saturated rings. The van der Waals surface area contributed by atoms with Gasteiger partial charge in [-0.3, -0.25) is 4.79 Å². The summed E-state index contributed by atoms with van der Waals surface area (Å²) < 4.78 is -0.603. The number of carbonyl (C=O) groups is 3. The third-order valence-electron chi connectivity index (χ3n) is 3.76. The monoisotopic (exact) mass is 294 g/mol. The first-order chi connectivity index (χ1) is 9.48. The van der Waals surface area contributed by atoms with E-state index >= 15 is 0 Å². The van der Waals surface area contributed by atoms with Gasteiger partial charge in [-0.15, -0.1) is 11.3 Å². The number of rotatable bonds is 3. The SMILES string of the molecule is C[C@@H]1CCC[N+]1(C(=O)O)C(=O)C=CC(=O)c1cccs1. The zero-order chi connectivity index (χ0) is 14.8. The normalized spacial score (nSPS) is 25.9. The molecule has 2 amide bonds. The fourth-order valence-corrected chi connectivity index (χ4v) is 3.21. The molecule has 6 heteroatoms. The number of allylic oxidation sites excluding steroid dienone is 1. The molecule has 2 rings (SSSR count). The number of amides is 2. The maximum Gasteiger partial charge on any atom is 0.521 e. The molecule has 5 nitrogen and oxygen atoms in total. The van der Waals surface area contributed by atoms with Crippen LogP contribution in [0.25, 0.3) is 0 Å². The molecule has 2 heterocycles. The van der Waals surface area contributed by atoms with Gasteiger partial charge in [-0.2, -0.15) is 9.28 Å². The molecule has 0 bridgehead atoms. The average Bonchev–Trinajstić information content (AvgIpc) is 3.04. The van der Waals surface area contributed by atoms with Gasteiger partial charge in [0, 0.05) is 18.9 Å². The lowest BCUT2D eigenvalue weighted by molar-refractivity contribution is -0.789. The van der Waals surface area contributed by atoms with Crippen LogP contribution < -0.4 is 0 Å². The fraction of sp³-hybridized carbons (Fsp3) is 0.357. The highest BCUT2D eigenvalue weighted by Crippen LogP contribution is 2.28. The van der Waals surface area contributed by atoms with Gasteiger partial charge >= 0.3 is 12.0 Å². The Morgan fingerprint density at radius 1 is 1.40 bits per heavy atom. The van der Waals surface area contributed by atoms with Gasteiger partial charge in [-0.05, 0) is 24.4 Å². The van der Waals surface area contributed by atoms with Crippen molar-refractivity contribution < 1.29 is 24.0 Å². The first-order valence-electron chi connectivity index (χ1n) is 6.40. The van der Waals surface area contributed by atoms with Crippen molar-refractivity contribution in [2.45, 2.75) is 25.8 Å². The zero-order valence-electron chi connectivity index (χ0n) is 11.1. The Hall–Kier alpha value is -1.79. The molecular formula is C14H16NO4S+. The van der Waals surface area contributed by atoms with E-state index < -0.39 is 16.5 Å². The Kier molecular flexibility index (Phi) is 4.15. The summed E-state index contributed by atoms with van der Waals surface area (Å²) >= 11 is 1.29. The molecule has 106 valence electrons. The minimum atomic E-state index is -1.15. The van der Waals surface area contributed by atoms with Gasteiger partial charge in [0.05, 0.1) is 11.4 Å². The van der Waals surface area contributed by atoms with E-state index in [0.717, 1.165) is 6.08 Å². The number of hydrogen-bond acceptors (Lipinski definition) is 4. The van der Waals surface area contributed by atoms with Crippen molar-refractivity contribution in [2.75, 3.05) is 6.54 Å². The second kappa shape index (κ2) is 5.68. The fourth-order valence-electron chi connectivity index (χ4n) is 2.56. The van der Waals surface area contributed by atoms with Crippen molar-refractivity contribution in [1.29, 1.82) is 0 Å².